The zero-order valence-electron chi connectivity index (χ0n) is 7.46. The van der Waals surface area contributed by atoms with E-state index in [1.54, 1.807) is 11.3 Å². The van der Waals surface area contributed by atoms with Crippen molar-refractivity contribution in [3.8, 4) is 0 Å². The fraction of sp³-hybridized carbons (Fsp3) is 0.500. The van der Waals surface area contributed by atoms with Crippen molar-refractivity contribution in [3.05, 3.63) is 16.4 Å². The molecule has 0 aliphatic heterocycles. The molecule has 0 radical (unpaired) electrons. The molecule has 2 rings (SSSR count). The Morgan fingerprint density at radius 2 is 2.17 bits per heavy atom. The van der Waals surface area contributed by atoms with Crippen LogP contribution in [0.3, 0.4) is 0 Å². The van der Waals surface area contributed by atoms with Gasteiger partial charge in [0.05, 0.1) is 11.4 Å². The lowest BCUT2D eigenvalue weighted by Gasteiger charge is -1.91. The Kier molecular flexibility index (Phi) is 1.65. The van der Waals surface area contributed by atoms with E-state index in [2.05, 4.69) is 17.0 Å². The maximum Gasteiger partial charge on any atom is 0.212 e. The molecule has 2 aromatic rings. The Morgan fingerprint density at radius 3 is 2.83 bits per heavy atom. The summed E-state index contributed by atoms with van der Waals surface area (Å²) < 4.78 is 1.95. The third-order valence-corrected chi connectivity index (χ3v) is 2.76. The minimum atomic E-state index is 0.996. The van der Waals surface area contributed by atoms with Gasteiger partial charge < -0.3 is 0 Å². The first-order valence-corrected chi connectivity index (χ1v) is 4.85. The molecule has 2 aromatic heterocycles. The van der Waals surface area contributed by atoms with Crippen molar-refractivity contribution in [3.63, 3.8) is 0 Å². The second-order valence-electron chi connectivity index (χ2n) is 2.81. The monoisotopic (exact) mass is 181 g/mol. The van der Waals surface area contributed by atoms with Gasteiger partial charge in [0.2, 0.25) is 4.96 Å². The zero-order valence-corrected chi connectivity index (χ0v) is 8.27. The predicted octanol–water partition coefficient (Wildman–Crippen LogP) is 1.97. The van der Waals surface area contributed by atoms with Crippen LogP contribution in [0.5, 0.6) is 0 Å². The number of nitrogens with zero attached hydrogens (tertiary/aromatic N) is 3. The molecule has 0 bridgehead atoms. The van der Waals surface area contributed by atoms with Gasteiger partial charge in [0.15, 0.2) is 0 Å². The van der Waals surface area contributed by atoms with Gasteiger partial charge in [-0.05, 0) is 20.3 Å². The van der Waals surface area contributed by atoms with Crippen LogP contribution in [0.25, 0.3) is 4.96 Å². The molecule has 0 aromatic carbocycles. The van der Waals surface area contributed by atoms with Crippen molar-refractivity contribution in [2.24, 2.45) is 0 Å². The molecule has 0 aliphatic rings. The van der Waals surface area contributed by atoms with E-state index < -0.39 is 0 Å². The number of fused-ring (bicyclic) bond motifs is 1. The molecule has 12 heavy (non-hydrogen) atoms. The van der Waals surface area contributed by atoms with Crippen molar-refractivity contribution in [1.29, 1.82) is 0 Å². The molecule has 0 unspecified atom stereocenters. The average molecular weight is 181 g/mol. The number of hydrogen-bond acceptors (Lipinski definition) is 3. The highest BCUT2D eigenvalue weighted by molar-refractivity contribution is 7.16. The fourth-order valence-corrected chi connectivity index (χ4v) is 2.20. The summed E-state index contributed by atoms with van der Waals surface area (Å²) in [5.41, 5.74) is 2.34. The number of imidazole rings is 1. The molecule has 0 amide bonds. The van der Waals surface area contributed by atoms with Gasteiger partial charge in [0.1, 0.15) is 5.01 Å². The molecule has 4 heteroatoms. The van der Waals surface area contributed by atoms with Gasteiger partial charge in [-0.2, -0.15) is 5.10 Å². The molecule has 0 aliphatic carbocycles. The lowest BCUT2D eigenvalue weighted by molar-refractivity contribution is 0.859. The Morgan fingerprint density at radius 1 is 1.42 bits per heavy atom. The maximum absolute atomic E-state index is 4.42. The van der Waals surface area contributed by atoms with E-state index in [9.17, 15) is 0 Å². The minimum absolute atomic E-state index is 0.996. The van der Waals surface area contributed by atoms with E-state index in [1.165, 1.54) is 5.69 Å². The lowest BCUT2D eigenvalue weighted by Crippen LogP contribution is -1.93. The van der Waals surface area contributed by atoms with Gasteiger partial charge in [-0.25, -0.2) is 9.50 Å². The third kappa shape index (κ3) is 0.948. The molecule has 0 fully saturated rings. The minimum Gasteiger partial charge on any atom is -0.223 e. The predicted molar refractivity (Wildman–Crippen MR) is 49.7 cm³/mol. The SMILES string of the molecule is CCc1c(C)nc2sc(C)nn12. The summed E-state index contributed by atoms with van der Waals surface area (Å²) in [6, 6.07) is 0. The summed E-state index contributed by atoms with van der Waals surface area (Å²) in [4.78, 5) is 5.44. The normalized spacial score (nSPS) is 11.2. The Labute approximate surface area is 75.1 Å². The van der Waals surface area contributed by atoms with Gasteiger partial charge in [-0.15, -0.1) is 0 Å². The Hall–Kier alpha value is -0.900. The van der Waals surface area contributed by atoms with Gasteiger partial charge in [0, 0.05) is 0 Å². The molecule has 2 heterocycles. The van der Waals surface area contributed by atoms with E-state index in [-0.39, 0.29) is 0 Å². The van der Waals surface area contributed by atoms with Crippen molar-refractivity contribution in [1.82, 2.24) is 14.6 Å². The molecule has 0 saturated carbocycles. The van der Waals surface area contributed by atoms with E-state index >= 15 is 0 Å². The Balaban J connectivity index is 2.78. The van der Waals surface area contributed by atoms with Crippen LogP contribution < -0.4 is 0 Å². The lowest BCUT2D eigenvalue weighted by atomic mass is 10.3. The molecular weight excluding hydrogens is 170 g/mol. The van der Waals surface area contributed by atoms with Crippen molar-refractivity contribution < 1.29 is 0 Å². The van der Waals surface area contributed by atoms with Crippen molar-refractivity contribution in [2.75, 3.05) is 0 Å². The maximum atomic E-state index is 4.42. The summed E-state index contributed by atoms with van der Waals surface area (Å²) in [7, 11) is 0. The fourth-order valence-electron chi connectivity index (χ4n) is 1.39. The summed E-state index contributed by atoms with van der Waals surface area (Å²) in [6.07, 6.45) is 0.996. The molecular formula is C8H11N3S. The molecule has 64 valence electrons. The van der Waals surface area contributed by atoms with Crippen molar-refractivity contribution in [2.45, 2.75) is 27.2 Å². The van der Waals surface area contributed by atoms with Crippen LogP contribution in [0.4, 0.5) is 0 Å². The van der Waals surface area contributed by atoms with Crippen LogP contribution in [-0.4, -0.2) is 14.6 Å². The van der Waals surface area contributed by atoms with Crippen LogP contribution >= 0.6 is 11.3 Å². The van der Waals surface area contributed by atoms with Gasteiger partial charge >= 0.3 is 0 Å². The summed E-state index contributed by atoms with van der Waals surface area (Å²) >= 11 is 1.64. The summed E-state index contributed by atoms with van der Waals surface area (Å²) in [6.45, 7) is 6.18. The van der Waals surface area contributed by atoms with E-state index in [0.717, 1.165) is 22.1 Å². The highest BCUT2D eigenvalue weighted by Crippen LogP contribution is 2.17. The smallest absolute Gasteiger partial charge is 0.212 e. The third-order valence-electron chi connectivity index (χ3n) is 1.93. The molecule has 0 atom stereocenters. The highest BCUT2D eigenvalue weighted by Gasteiger charge is 2.09. The highest BCUT2D eigenvalue weighted by atomic mass is 32.1. The van der Waals surface area contributed by atoms with E-state index in [4.69, 9.17) is 0 Å². The molecule has 0 saturated heterocycles. The van der Waals surface area contributed by atoms with Crippen LogP contribution in [0.1, 0.15) is 23.3 Å². The number of aryl methyl sites for hydroxylation is 3. The van der Waals surface area contributed by atoms with E-state index in [1.807, 2.05) is 18.4 Å². The van der Waals surface area contributed by atoms with Crippen LogP contribution in [0, 0.1) is 13.8 Å². The van der Waals surface area contributed by atoms with Gasteiger partial charge in [-0.1, -0.05) is 18.3 Å². The van der Waals surface area contributed by atoms with Crippen molar-refractivity contribution >= 4 is 16.3 Å². The van der Waals surface area contributed by atoms with Gasteiger partial charge in [0.25, 0.3) is 0 Å². The average Bonchev–Trinajstić information content (AvgIpc) is 2.43. The second kappa shape index (κ2) is 2.55. The van der Waals surface area contributed by atoms with Crippen LogP contribution in [0.15, 0.2) is 0 Å². The largest absolute Gasteiger partial charge is 0.223 e. The first-order chi connectivity index (χ1) is 5.72. The molecule has 3 nitrogen and oxygen atoms in total. The summed E-state index contributed by atoms with van der Waals surface area (Å²) in [5.74, 6) is 0. The molecule has 0 spiro atoms. The Bertz CT molecular complexity index is 413. The van der Waals surface area contributed by atoms with Gasteiger partial charge in [-0.3, -0.25) is 0 Å². The number of rotatable bonds is 1. The number of hydrogen-bond donors (Lipinski definition) is 0. The second-order valence-corrected chi connectivity index (χ2v) is 3.97. The number of aromatic nitrogens is 3. The molecule has 0 N–H and O–H groups in total. The quantitative estimate of drug-likeness (QED) is 0.673. The topological polar surface area (TPSA) is 30.2 Å². The first-order valence-electron chi connectivity index (χ1n) is 4.04. The zero-order chi connectivity index (χ0) is 8.72. The standard InChI is InChI=1S/C8H11N3S/c1-4-7-5(2)9-8-11(7)10-6(3)12-8/h4H2,1-3H3. The van der Waals surface area contributed by atoms with Crippen LogP contribution in [-0.2, 0) is 6.42 Å². The van der Waals surface area contributed by atoms with E-state index in [0.29, 0.717) is 0 Å². The summed E-state index contributed by atoms with van der Waals surface area (Å²) in [5, 5.41) is 5.45. The van der Waals surface area contributed by atoms with Crippen LogP contribution in [0.2, 0.25) is 0 Å². The first kappa shape index (κ1) is 7.73.